The van der Waals surface area contributed by atoms with Gasteiger partial charge in [0.25, 0.3) is 9.04 Å². The van der Waals surface area contributed by atoms with Crippen molar-refractivity contribution in [2.24, 2.45) is 0 Å². The lowest BCUT2D eigenvalue weighted by molar-refractivity contribution is 0.286. The molecule has 0 spiro atoms. The van der Waals surface area contributed by atoms with Crippen molar-refractivity contribution in [3.05, 3.63) is 12.3 Å². The van der Waals surface area contributed by atoms with E-state index >= 15 is 0 Å². The van der Waals surface area contributed by atoms with Crippen LogP contribution < -0.4 is 0 Å². The SMILES string of the molecule is C=C[Si](C)O[Si](=O)OC. The van der Waals surface area contributed by atoms with Gasteiger partial charge in [-0.25, -0.2) is 0 Å². The van der Waals surface area contributed by atoms with Crippen LogP contribution in [0.15, 0.2) is 12.3 Å². The summed E-state index contributed by atoms with van der Waals surface area (Å²) in [6, 6.07) is 0. The Morgan fingerprint density at radius 2 is 2.22 bits per heavy atom. The zero-order valence-corrected chi connectivity index (χ0v) is 7.51. The topological polar surface area (TPSA) is 35.5 Å². The molecule has 0 aliphatic carbocycles. The zero-order chi connectivity index (χ0) is 7.28. The number of hydrogen-bond acceptors (Lipinski definition) is 3. The monoisotopic (exact) mass is 161 g/mol. The molecule has 0 N–H and O–H groups in total. The molecule has 0 saturated carbocycles. The van der Waals surface area contributed by atoms with E-state index in [1.165, 1.54) is 7.11 Å². The summed E-state index contributed by atoms with van der Waals surface area (Å²) < 4.78 is 19.8. The number of hydrogen-bond donors (Lipinski definition) is 0. The molecule has 0 aromatic rings. The van der Waals surface area contributed by atoms with Gasteiger partial charge in [-0.15, -0.1) is 6.58 Å². The average Bonchev–Trinajstić information content (AvgIpc) is 1.87. The van der Waals surface area contributed by atoms with Crippen LogP contribution in [0.3, 0.4) is 0 Å². The highest BCUT2D eigenvalue weighted by atomic mass is 28.4. The van der Waals surface area contributed by atoms with Crippen molar-refractivity contribution in [1.82, 2.24) is 0 Å². The Labute approximate surface area is 57.9 Å². The third-order valence-corrected chi connectivity index (χ3v) is 3.56. The molecule has 0 aliphatic rings. The van der Waals surface area contributed by atoms with Crippen molar-refractivity contribution in [2.75, 3.05) is 7.11 Å². The molecule has 0 amide bonds. The molecule has 0 rings (SSSR count). The van der Waals surface area contributed by atoms with Crippen molar-refractivity contribution in [2.45, 2.75) is 6.55 Å². The maximum Gasteiger partial charge on any atom is 0.751 e. The van der Waals surface area contributed by atoms with Crippen molar-refractivity contribution in [3.8, 4) is 0 Å². The van der Waals surface area contributed by atoms with Crippen LogP contribution in [0.1, 0.15) is 0 Å². The first kappa shape index (κ1) is 8.57. The molecular formula is C4H9O3Si2. The van der Waals surface area contributed by atoms with Gasteiger partial charge < -0.3 is 8.54 Å². The van der Waals surface area contributed by atoms with E-state index in [0.29, 0.717) is 0 Å². The average molecular weight is 161 g/mol. The molecule has 0 heterocycles. The van der Waals surface area contributed by atoms with E-state index in [1.807, 2.05) is 6.55 Å². The van der Waals surface area contributed by atoms with Crippen LogP contribution in [0, 0.1) is 0 Å². The van der Waals surface area contributed by atoms with E-state index in [-0.39, 0.29) is 0 Å². The van der Waals surface area contributed by atoms with Gasteiger partial charge in [-0.2, -0.15) is 0 Å². The lowest BCUT2D eigenvalue weighted by atomic mass is 11.3. The largest absolute Gasteiger partial charge is 0.751 e. The Hall–Kier alpha value is -0.426. The second-order valence-electron chi connectivity index (χ2n) is 1.37. The lowest BCUT2D eigenvalue weighted by Crippen LogP contribution is -2.19. The van der Waals surface area contributed by atoms with Gasteiger partial charge in [0.1, 0.15) is 0 Å². The van der Waals surface area contributed by atoms with E-state index in [1.54, 1.807) is 5.70 Å². The summed E-state index contributed by atoms with van der Waals surface area (Å²) in [5, 5.41) is 0. The summed E-state index contributed by atoms with van der Waals surface area (Å²) in [7, 11) is -1.92. The molecule has 3 nitrogen and oxygen atoms in total. The predicted molar refractivity (Wildman–Crippen MR) is 36.3 cm³/mol. The first-order valence-electron chi connectivity index (χ1n) is 2.42. The van der Waals surface area contributed by atoms with Gasteiger partial charge >= 0.3 is 9.17 Å². The molecule has 0 fully saturated rings. The normalized spacial score (nSPS) is 8.78. The summed E-state index contributed by atoms with van der Waals surface area (Å²) >= 11 is 0. The third kappa shape index (κ3) is 4.10. The fraction of sp³-hybridized carbons (Fsp3) is 0.500. The highest BCUT2D eigenvalue weighted by Crippen LogP contribution is 1.85. The summed E-state index contributed by atoms with van der Waals surface area (Å²) in [6.45, 7) is 5.34. The molecular weight excluding hydrogens is 152 g/mol. The number of rotatable bonds is 4. The summed E-state index contributed by atoms with van der Waals surface area (Å²) in [5.41, 5.74) is 1.66. The Morgan fingerprint density at radius 3 is 2.56 bits per heavy atom. The van der Waals surface area contributed by atoms with Crippen LogP contribution in [0.5, 0.6) is 0 Å². The third-order valence-electron chi connectivity index (χ3n) is 0.698. The molecule has 1 radical (unpaired) electrons. The summed E-state index contributed by atoms with van der Waals surface area (Å²) in [5.74, 6) is 0. The lowest BCUT2D eigenvalue weighted by Gasteiger charge is -2.02. The van der Waals surface area contributed by atoms with E-state index in [2.05, 4.69) is 11.0 Å². The summed E-state index contributed by atoms with van der Waals surface area (Å²) in [6.07, 6.45) is 0. The zero-order valence-electron chi connectivity index (χ0n) is 5.51. The van der Waals surface area contributed by atoms with Crippen molar-refractivity contribution >= 4 is 18.2 Å². The van der Waals surface area contributed by atoms with Gasteiger partial charge in [0, 0.05) is 0 Å². The molecule has 0 saturated heterocycles. The van der Waals surface area contributed by atoms with Crippen LogP contribution in [0.25, 0.3) is 0 Å². The molecule has 0 bridgehead atoms. The molecule has 0 aliphatic heterocycles. The van der Waals surface area contributed by atoms with Crippen molar-refractivity contribution in [1.29, 1.82) is 0 Å². The summed E-state index contributed by atoms with van der Waals surface area (Å²) in [4.78, 5) is 0. The second kappa shape index (κ2) is 4.45. The maximum absolute atomic E-state index is 10.5. The highest BCUT2D eigenvalue weighted by Gasteiger charge is 2.12. The Morgan fingerprint density at radius 1 is 1.67 bits per heavy atom. The minimum Gasteiger partial charge on any atom is -0.547 e. The fourth-order valence-electron chi connectivity index (χ4n) is 0.215. The first-order chi connectivity index (χ1) is 4.20. The van der Waals surface area contributed by atoms with Crippen LogP contribution in [0.4, 0.5) is 0 Å². The van der Waals surface area contributed by atoms with Crippen LogP contribution in [0.2, 0.25) is 6.55 Å². The van der Waals surface area contributed by atoms with Gasteiger partial charge in [-0.1, -0.05) is 5.70 Å². The van der Waals surface area contributed by atoms with Gasteiger partial charge in [0.15, 0.2) is 0 Å². The quantitative estimate of drug-likeness (QED) is 0.560. The highest BCUT2D eigenvalue weighted by molar-refractivity contribution is 6.61. The minimum absolute atomic E-state index is 1.07. The van der Waals surface area contributed by atoms with Gasteiger partial charge in [0.05, 0.1) is 7.11 Å². The fourth-order valence-corrected chi connectivity index (χ4v) is 1.93. The Kier molecular flexibility index (Phi) is 4.24. The van der Waals surface area contributed by atoms with Crippen LogP contribution >= 0.6 is 0 Å². The van der Waals surface area contributed by atoms with E-state index < -0.39 is 18.2 Å². The van der Waals surface area contributed by atoms with Crippen molar-refractivity contribution in [3.63, 3.8) is 0 Å². The standard InChI is InChI=1S/C4H9O3Si2/c1-4-8(3)7-9(5)6-2/h4H,1H2,2-3H3. The van der Waals surface area contributed by atoms with Gasteiger partial charge in [-0.3, -0.25) is 4.46 Å². The van der Waals surface area contributed by atoms with Gasteiger partial charge in [-0.05, 0) is 6.55 Å². The van der Waals surface area contributed by atoms with Gasteiger partial charge in [0.2, 0.25) is 0 Å². The molecule has 0 unspecified atom stereocenters. The van der Waals surface area contributed by atoms with E-state index in [0.717, 1.165) is 0 Å². The predicted octanol–water partition coefficient (Wildman–Crippen LogP) is 0.411. The van der Waals surface area contributed by atoms with E-state index in [9.17, 15) is 4.46 Å². The molecule has 0 aromatic heterocycles. The first-order valence-corrected chi connectivity index (χ1v) is 5.63. The Balaban J connectivity index is 3.46. The molecule has 51 valence electrons. The van der Waals surface area contributed by atoms with Crippen molar-refractivity contribution < 1.29 is 13.0 Å². The Bertz CT molecular complexity index is 114. The maximum atomic E-state index is 10.5. The smallest absolute Gasteiger partial charge is 0.547 e. The molecule has 9 heavy (non-hydrogen) atoms. The second-order valence-corrected chi connectivity index (χ2v) is 4.73. The molecule has 0 atom stereocenters. The van der Waals surface area contributed by atoms with Crippen LogP contribution in [-0.4, -0.2) is 25.3 Å². The minimum atomic E-state index is -2.22. The molecule has 0 aromatic carbocycles. The molecule has 5 heteroatoms. The van der Waals surface area contributed by atoms with E-state index in [4.69, 9.17) is 4.12 Å². The van der Waals surface area contributed by atoms with Crippen LogP contribution in [-0.2, 0) is 13.0 Å².